The second-order valence-corrected chi connectivity index (χ2v) is 4.70. The molecule has 0 aliphatic rings. The summed E-state index contributed by atoms with van der Waals surface area (Å²) < 4.78 is 4.70. The van der Waals surface area contributed by atoms with Crippen LogP contribution in [0.3, 0.4) is 0 Å². The van der Waals surface area contributed by atoms with Gasteiger partial charge in [-0.25, -0.2) is 9.78 Å². The summed E-state index contributed by atoms with van der Waals surface area (Å²) in [6.07, 6.45) is 0. The molecule has 0 spiro atoms. The molecule has 0 saturated carbocycles. The zero-order valence-corrected chi connectivity index (χ0v) is 11.9. The maximum absolute atomic E-state index is 11.5. The van der Waals surface area contributed by atoms with Crippen molar-refractivity contribution in [3.63, 3.8) is 0 Å². The number of nitrogens with one attached hydrogen (secondary N) is 1. The number of carbonyl (C=O) groups is 1. The van der Waals surface area contributed by atoms with Gasteiger partial charge in [0.25, 0.3) is 0 Å². The maximum Gasteiger partial charge on any atom is 0.337 e. The number of anilines is 1. The molecule has 3 N–H and O–H groups in total. The predicted octanol–water partition coefficient (Wildman–Crippen LogP) is 1.95. The van der Waals surface area contributed by atoms with Gasteiger partial charge in [0, 0.05) is 18.0 Å². The fourth-order valence-electron chi connectivity index (χ4n) is 1.55. The van der Waals surface area contributed by atoms with Crippen molar-refractivity contribution in [1.29, 1.82) is 0 Å². The zero-order chi connectivity index (χ0) is 14.5. The molecule has 20 heavy (non-hydrogen) atoms. The number of guanidine groups is 1. The first kappa shape index (κ1) is 14.0. The van der Waals surface area contributed by atoms with Crippen molar-refractivity contribution in [2.24, 2.45) is 10.7 Å². The molecule has 0 amide bonds. The summed E-state index contributed by atoms with van der Waals surface area (Å²) in [5, 5.41) is 5.40. The summed E-state index contributed by atoms with van der Waals surface area (Å²) in [6, 6.07) is 7.10. The Balaban J connectivity index is 2.26. The van der Waals surface area contributed by atoms with Crippen molar-refractivity contribution in [2.75, 3.05) is 19.5 Å². The van der Waals surface area contributed by atoms with E-state index in [4.69, 9.17) is 10.5 Å². The van der Waals surface area contributed by atoms with E-state index in [1.54, 1.807) is 25.2 Å². The van der Waals surface area contributed by atoms with E-state index in [-0.39, 0.29) is 5.97 Å². The third-order valence-corrected chi connectivity index (χ3v) is 3.32. The number of carbonyl (C=O) groups excluding carboxylic acids is 1. The zero-order valence-electron chi connectivity index (χ0n) is 11.1. The van der Waals surface area contributed by atoms with E-state index in [1.165, 1.54) is 18.4 Å². The second kappa shape index (κ2) is 6.16. The Morgan fingerprint density at radius 2 is 2.30 bits per heavy atom. The van der Waals surface area contributed by atoms with Crippen LogP contribution in [0.15, 0.2) is 34.6 Å². The fourth-order valence-corrected chi connectivity index (χ4v) is 2.28. The molecule has 0 bridgehead atoms. The van der Waals surface area contributed by atoms with Crippen LogP contribution in [0.4, 0.5) is 5.13 Å². The largest absolute Gasteiger partial charge is 0.465 e. The summed E-state index contributed by atoms with van der Waals surface area (Å²) >= 11 is 1.41. The van der Waals surface area contributed by atoms with Crippen LogP contribution in [0.1, 0.15) is 10.4 Å². The van der Waals surface area contributed by atoms with Gasteiger partial charge in [-0.1, -0.05) is 12.1 Å². The van der Waals surface area contributed by atoms with E-state index in [0.29, 0.717) is 16.7 Å². The Hall–Kier alpha value is -2.41. The van der Waals surface area contributed by atoms with Gasteiger partial charge in [-0.15, -0.1) is 11.3 Å². The van der Waals surface area contributed by atoms with Gasteiger partial charge >= 0.3 is 5.97 Å². The molecule has 0 saturated heterocycles. The van der Waals surface area contributed by atoms with E-state index in [0.717, 1.165) is 11.3 Å². The Morgan fingerprint density at radius 3 is 3.00 bits per heavy atom. The first-order valence-electron chi connectivity index (χ1n) is 5.77. The van der Waals surface area contributed by atoms with Gasteiger partial charge in [-0.05, 0) is 12.1 Å². The molecule has 2 rings (SSSR count). The van der Waals surface area contributed by atoms with Crippen LogP contribution in [-0.4, -0.2) is 31.1 Å². The number of aliphatic imine (C=N–C) groups is 1. The maximum atomic E-state index is 11.5. The van der Waals surface area contributed by atoms with Crippen molar-refractivity contribution >= 4 is 28.4 Å². The number of nitrogens with zero attached hydrogens (tertiary/aromatic N) is 2. The lowest BCUT2D eigenvalue weighted by molar-refractivity contribution is 0.0601. The van der Waals surface area contributed by atoms with Crippen molar-refractivity contribution in [3.8, 4) is 11.3 Å². The van der Waals surface area contributed by atoms with E-state index >= 15 is 0 Å². The Bertz CT molecular complexity index is 651. The van der Waals surface area contributed by atoms with Crippen LogP contribution in [0.25, 0.3) is 11.3 Å². The standard InChI is InChI=1S/C13H14N4O2S/c1-15-12(14)17-13-16-10(7-20-13)8-4-3-5-9(6-8)11(18)19-2/h3-7H,1-2H3,(H3,14,15,16,17). The van der Waals surface area contributed by atoms with Crippen LogP contribution in [0.2, 0.25) is 0 Å². The predicted molar refractivity (Wildman–Crippen MR) is 80.1 cm³/mol. The molecule has 0 aliphatic heterocycles. The molecule has 0 aliphatic carbocycles. The van der Waals surface area contributed by atoms with E-state index in [1.807, 2.05) is 11.4 Å². The number of esters is 1. The van der Waals surface area contributed by atoms with Crippen LogP contribution < -0.4 is 11.1 Å². The van der Waals surface area contributed by atoms with Crippen LogP contribution in [0.5, 0.6) is 0 Å². The lowest BCUT2D eigenvalue weighted by Gasteiger charge is -2.02. The molecule has 0 unspecified atom stereocenters. The molecule has 2 aromatic rings. The third-order valence-electron chi connectivity index (χ3n) is 2.56. The molecule has 6 nitrogen and oxygen atoms in total. The Labute approximate surface area is 120 Å². The number of rotatable bonds is 3. The monoisotopic (exact) mass is 290 g/mol. The first-order chi connectivity index (χ1) is 9.63. The Morgan fingerprint density at radius 1 is 1.50 bits per heavy atom. The number of methoxy groups -OCH3 is 1. The smallest absolute Gasteiger partial charge is 0.337 e. The summed E-state index contributed by atoms with van der Waals surface area (Å²) in [7, 11) is 2.95. The van der Waals surface area contributed by atoms with Gasteiger partial charge in [0.2, 0.25) is 0 Å². The number of benzene rings is 1. The molecule has 7 heteroatoms. The number of thiazole rings is 1. The average Bonchev–Trinajstić information content (AvgIpc) is 2.94. The van der Waals surface area contributed by atoms with Gasteiger partial charge in [-0.3, -0.25) is 4.99 Å². The van der Waals surface area contributed by atoms with Crippen LogP contribution in [0, 0.1) is 0 Å². The highest BCUT2D eigenvalue weighted by atomic mass is 32.1. The molecule has 0 atom stereocenters. The summed E-state index contributed by atoms with van der Waals surface area (Å²) in [5.41, 5.74) is 7.66. The highest BCUT2D eigenvalue weighted by Crippen LogP contribution is 2.25. The molecule has 1 aromatic heterocycles. The molecular weight excluding hydrogens is 276 g/mol. The minimum absolute atomic E-state index is 0.300. The van der Waals surface area contributed by atoms with Crippen LogP contribution >= 0.6 is 11.3 Å². The minimum Gasteiger partial charge on any atom is -0.465 e. The summed E-state index contributed by atoms with van der Waals surface area (Å²) in [6.45, 7) is 0. The number of hydrogen-bond donors (Lipinski definition) is 2. The molecule has 0 fully saturated rings. The minimum atomic E-state index is -0.372. The highest BCUT2D eigenvalue weighted by Gasteiger charge is 2.09. The number of aromatic nitrogens is 1. The fraction of sp³-hybridized carbons (Fsp3) is 0.154. The number of hydrogen-bond acceptors (Lipinski definition) is 5. The topological polar surface area (TPSA) is 89.6 Å². The highest BCUT2D eigenvalue weighted by molar-refractivity contribution is 7.14. The summed E-state index contributed by atoms with van der Waals surface area (Å²) in [4.78, 5) is 19.7. The molecule has 0 radical (unpaired) electrons. The second-order valence-electron chi connectivity index (χ2n) is 3.84. The van der Waals surface area contributed by atoms with Crippen molar-refractivity contribution in [3.05, 3.63) is 35.2 Å². The Kier molecular flexibility index (Phi) is 4.31. The van der Waals surface area contributed by atoms with Gasteiger partial charge in [0.1, 0.15) is 0 Å². The first-order valence-corrected chi connectivity index (χ1v) is 6.65. The van der Waals surface area contributed by atoms with Crippen molar-refractivity contribution in [2.45, 2.75) is 0 Å². The van der Waals surface area contributed by atoms with Gasteiger partial charge < -0.3 is 15.8 Å². The quantitative estimate of drug-likeness (QED) is 0.512. The van der Waals surface area contributed by atoms with Crippen molar-refractivity contribution < 1.29 is 9.53 Å². The number of nitrogens with two attached hydrogens (primary N) is 1. The van der Waals surface area contributed by atoms with E-state index < -0.39 is 0 Å². The average molecular weight is 290 g/mol. The molecule has 1 heterocycles. The molecule has 1 aromatic carbocycles. The van der Waals surface area contributed by atoms with Gasteiger partial charge in [0.05, 0.1) is 18.4 Å². The molecule has 104 valence electrons. The van der Waals surface area contributed by atoms with E-state index in [9.17, 15) is 4.79 Å². The van der Waals surface area contributed by atoms with Gasteiger partial charge in [-0.2, -0.15) is 0 Å². The lowest BCUT2D eigenvalue weighted by Crippen LogP contribution is -2.21. The number of ether oxygens (including phenoxy) is 1. The SMILES string of the molecule is CN=C(N)Nc1nc(-c2cccc(C(=O)OC)c2)cs1. The molecular formula is C13H14N4O2S. The van der Waals surface area contributed by atoms with Gasteiger partial charge in [0.15, 0.2) is 11.1 Å². The normalized spacial score (nSPS) is 11.2. The lowest BCUT2D eigenvalue weighted by atomic mass is 10.1. The third kappa shape index (κ3) is 3.12. The van der Waals surface area contributed by atoms with E-state index in [2.05, 4.69) is 15.3 Å². The van der Waals surface area contributed by atoms with Crippen LogP contribution in [-0.2, 0) is 4.74 Å². The van der Waals surface area contributed by atoms with Crippen molar-refractivity contribution in [1.82, 2.24) is 4.98 Å². The summed E-state index contributed by atoms with van der Waals surface area (Å²) in [5.74, 6) is -0.0722.